The van der Waals surface area contributed by atoms with E-state index in [-0.39, 0.29) is 22.9 Å². The number of likely N-dealkylation sites (tertiary alicyclic amines) is 1. The third-order valence-corrected chi connectivity index (χ3v) is 5.15. The van der Waals surface area contributed by atoms with Gasteiger partial charge in [-0.3, -0.25) is 9.59 Å². The Morgan fingerprint density at radius 2 is 1.79 bits per heavy atom. The highest BCUT2D eigenvalue weighted by Gasteiger charge is 2.47. The minimum Gasteiger partial charge on any atom is -0.507 e. The normalized spacial score (nSPS) is 19.9. The molecule has 3 rings (SSSR count). The summed E-state index contributed by atoms with van der Waals surface area (Å²) in [5, 5.41) is 21.4. The van der Waals surface area contributed by atoms with E-state index < -0.39 is 23.8 Å². The number of Topliss-reactive ketones (excluding diaryl/α,β-unsaturated/α-hetero) is 1. The van der Waals surface area contributed by atoms with Crippen molar-refractivity contribution in [2.24, 2.45) is 0 Å². The fraction of sp³-hybridized carbons (Fsp3) is 0.238. The molecule has 1 fully saturated rings. The van der Waals surface area contributed by atoms with Crippen LogP contribution in [0.4, 0.5) is 0 Å². The van der Waals surface area contributed by atoms with Crippen molar-refractivity contribution in [2.75, 3.05) is 6.54 Å². The van der Waals surface area contributed by atoms with Crippen molar-refractivity contribution in [1.29, 1.82) is 0 Å². The molecule has 2 atom stereocenters. The number of benzene rings is 2. The zero-order chi connectivity index (χ0) is 20.6. The molecule has 0 aliphatic carbocycles. The monoisotopic (exact) mass is 419 g/mol. The highest BCUT2D eigenvalue weighted by Crippen LogP contribution is 2.42. The van der Waals surface area contributed by atoms with Crippen LogP contribution in [0.1, 0.15) is 29.7 Å². The molecule has 1 amide bonds. The van der Waals surface area contributed by atoms with Crippen LogP contribution in [0.5, 0.6) is 0 Å². The predicted molar refractivity (Wildman–Crippen MR) is 108 cm³/mol. The van der Waals surface area contributed by atoms with E-state index in [0.29, 0.717) is 16.1 Å². The molecule has 0 unspecified atom stereocenters. The van der Waals surface area contributed by atoms with Crippen LogP contribution in [0.2, 0.25) is 10.0 Å². The Hall–Kier alpha value is -2.34. The largest absolute Gasteiger partial charge is 0.507 e. The number of hydrogen-bond donors (Lipinski definition) is 2. The highest BCUT2D eigenvalue weighted by molar-refractivity contribution is 6.47. The van der Waals surface area contributed by atoms with Crippen molar-refractivity contribution >= 4 is 40.7 Å². The summed E-state index contributed by atoms with van der Waals surface area (Å²) in [6.07, 6.45) is -0.869. The maximum atomic E-state index is 12.8. The van der Waals surface area contributed by atoms with Crippen molar-refractivity contribution in [3.63, 3.8) is 0 Å². The van der Waals surface area contributed by atoms with Crippen molar-refractivity contribution in [3.8, 4) is 0 Å². The third kappa shape index (κ3) is 3.78. The van der Waals surface area contributed by atoms with Gasteiger partial charge in [-0.25, -0.2) is 0 Å². The molecule has 0 saturated carbocycles. The lowest BCUT2D eigenvalue weighted by molar-refractivity contribution is -0.140. The minimum atomic E-state index is -0.930. The fourth-order valence-corrected chi connectivity index (χ4v) is 3.78. The van der Waals surface area contributed by atoms with Gasteiger partial charge in [-0.05, 0) is 31.5 Å². The molecule has 0 aromatic heterocycles. The SMILES string of the molecule is Cc1ccc(C(O)=C2C(=O)C(=O)N(C[C@H](C)O)[C@@H]2c2ccc(Cl)cc2Cl)cc1. The first kappa shape index (κ1) is 20.4. The Balaban J connectivity index is 2.22. The number of rotatable bonds is 4. The Bertz CT molecular complexity index is 967. The lowest BCUT2D eigenvalue weighted by Crippen LogP contribution is -2.35. The van der Waals surface area contributed by atoms with Gasteiger partial charge in [0, 0.05) is 22.2 Å². The summed E-state index contributed by atoms with van der Waals surface area (Å²) >= 11 is 12.3. The van der Waals surface area contributed by atoms with Crippen LogP contribution in [0.25, 0.3) is 5.76 Å². The summed E-state index contributed by atoms with van der Waals surface area (Å²) in [4.78, 5) is 26.7. The maximum absolute atomic E-state index is 12.8. The van der Waals surface area contributed by atoms with Crippen LogP contribution in [0.15, 0.2) is 48.0 Å². The molecule has 1 heterocycles. The Morgan fingerprint density at radius 3 is 2.36 bits per heavy atom. The first-order chi connectivity index (χ1) is 13.2. The van der Waals surface area contributed by atoms with Crippen molar-refractivity contribution in [2.45, 2.75) is 26.0 Å². The van der Waals surface area contributed by atoms with Gasteiger partial charge in [0.2, 0.25) is 0 Å². The molecule has 1 saturated heterocycles. The van der Waals surface area contributed by atoms with Gasteiger partial charge in [0.05, 0.1) is 17.7 Å². The van der Waals surface area contributed by atoms with Gasteiger partial charge < -0.3 is 15.1 Å². The zero-order valence-electron chi connectivity index (χ0n) is 15.3. The number of aliphatic hydroxyl groups excluding tert-OH is 2. The number of aliphatic hydroxyl groups is 2. The average molecular weight is 420 g/mol. The molecule has 146 valence electrons. The van der Waals surface area contributed by atoms with Crippen LogP contribution in [-0.2, 0) is 9.59 Å². The standard InChI is InChI=1S/C21H19Cl2NO4/c1-11-3-5-13(6-4-11)19(26)17-18(15-8-7-14(22)9-16(15)23)24(10-12(2)25)21(28)20(17)27/h3-9,12,18,25-26H,10H2,1-2H3/t12-,18+/m0/s1. The van der Waals surface area contributed by atoms with Crippen molar-refractivity contribution in [1.82, 2.24) is 4.90 Å². The number of aryl methyl sites for hydroxylation is 1. The Kier molecular flexibility index (Phi) is 5.79. The number of halogens is 2. The molecule has 1 aliphatic heterocycles. The first-order valence-corrected chi connectivity index (χ1v) is 9.44. The van der Waals surface area contributed by atoms with E-state index in [9.17, 15) is 19.8 Å². The van der Waals surface area contributed by atoms with Crippen molar-refractivity contribution in [3.05, 3.63) is 74.8 Å². The molecule has 0 bridgehead atoms. The third-order valence-electron chi connectivity index (χ3n) is 4.58. The van der Waals surface area contributed by atoms with E-state index in [1.54, 1.807) is 36.4 Å². The van der Waals surface area contributed by atoms with Gasteiger partial charge >= 0.3 is 0 Å². The number of hydrogen-bond acceptors (Lipinski definition) is 4. The fourth-order valence-electron chi connectivity index (χ4n) is 3.27. The second-order valence-electron chi connectivity index (χ2n) is 6.83. The quantitative estimate of drug-likeness (QED) is 0.444. The molecular weight excluding hydrogens is 401 g/mol. The van der Waals surface area contributed by atoms with E-state index in [4.69, 9.17) is 23.2 Å². The second-order valence-corrected chi connectivity index (χ2v) is 7.68. The van der Waals surface area contributed by atoms with E-state index in [1.165, 1.54) is 17.9 Å². The van der Waals surface area contributed by atoms with E-state index in [1.807, 2.05) is 6.92 Å². The van der Waals surface area contributed by atoms with Gasteiger partial charge in [0.15, 0.2) is 0 Å². The van der Waals surface area contributed by atoms with Gasteiger partial charge in [-0.2, -0.15) is 0 Å². The van der Waals surface area contributed by atoms with E-state index >= 15 is 0 Å². The number of carbonyl (C=O) groups is 2. The molecule has 2 N–H and O–H groups in total. The summed E-state index contributed by atoms with van der Waals surface area (Å²) in [7, 11) is 0. The maximum Gasteiger partial charge on any atom is 0.295 e. The second kappa shape index (κ2) is 7.95. The number of β-amino-alcohol motifs (C(OH)–C–C–N with tert-alkyl or cyclic N) is 1. The lowest BCUT2D eigenvalue weighted by Gasteiger charge is -2.27. The number of nitrogens with zero attached hydrogens (tertiary/aromatic N) is 1. The van der Waals surface area contributed by atoms with Crippen molar-refractivity contribution < 1.29 is 19.8 Å². The zero-order valence-corrected chi connectivity index (χ0v) is 16.8. The van der Waals surface area contributed by atoms with Gasteiger partial charge in [0.1, 0.15) is 5.76 Å². The smallest absolute Gasteiger partial charge is 0.295 e. The molecule has 2 aromatic rings. The minimum absolute atomic E-state index is 0.0706. The summed E-state index contributed by atoms with van der Waals surface area (Å²) in [6, 6.07) is 10.7. The average Bonchev–Trinajstić information content (AvgIpc) is 2.86. The lowest BCUT2D eigenvalue weighted by atomic mass is 9.95. The Labute approximate surface area is 172 Å². The summed E-state index contributed by atoms with van der Waals surface area (Å²) in [6.45, 7) is 3.33. The predicted octanol–water partition coefficient (Wildman–Crippen LogP) is 4.10. The first-order valence-electron chi connectivity index (χ1n) is 8.69. The van der Waals surface area contributed by atoms with Crippen LogP contribution in [0.3, 0.4) is 0 Å². The van der Waals surface area contributed by atoms with E-state index in [2.05, 4.69) is 0 Å². The van der Waals surface area contributed by atoms with Crippen LogP contribution in [-0.4, -0.2) is 39.5 Å². The summed E-state index contributed by atoms with van der Waals surface area (Å²) in [5.41, 5.74) is 1.78. The molecule has 2 aromatic carbocycles. The van der Waals surface area contributed by atoms with Crippen LogP contribution < -0.4 is 0 Å². The molecule has 0 radical (unpaired) electrons. The van der Waals surface area contributed by atoms with Crippen LogP contribution >= 0.6 is 23.2 Å². The van der Waals surface area contributed by atoms with Gasteiger partial charge in [-0.1, -0.05) is 59.1 Å². The van der Waals surface area contributed by atoms with E-state index in [0.717, 1.165) is 5.56 Å². The highest BCUT2D eigenvalue weighted by atomic mass is 35.5. The summed E-state index contributed by atoms with van der Waals surface area (Å²) < 4.78 is 0. The molecule has 7 heteroatoms. The summed E-state index contributed by atoms with van der Waals surface area (Å²) in [5.74, 6) is -1.91. The number of amides is 1. The molecule has 0 spiro atoms. The number of carbonyl (C=O) groups excluding carboxylic acids is 2. The number of ketones is 1. The van der Waals surface area contributed by atoms with Gasteiger partial charge in [-0.15, -0.1) is 0 Å². The molecule has 5 nitrogen and oxygen atoms in total. The Morgan fingerprint density at radius 1 is 1.14 bits per heavy atom. The molecule has 28 heavy (non-hydrogen) atoms. The van der Waals surface area contributed by atoms with Crippen LogP contribution in [0, 0.1) is 6.92 Å². The molecule has 1 aliphatic rings. The van der Waals surface area contributed by atoms with Gasteiger partial charge in [0.25, 0.3) is 11.7 Å². The molecular formula is C21H19Cl2NO4. The topological polar surface area (TPSA) is 77.8 Å².